The molecule has 1 aliphatic heterocycles. The second kappa shape index (κ2) is 5.72. The third-order valence-corrected chi connectivity index (χ3v) is 4.82. The van der Waals surface area contributed by atoms with Crippen LogP contribution >= 0.6 is 0 Å². The Kier molecular flexibility index (Phi) is 3.96. The largest absolute Gasteiger partial charge is 0.370 e. The fraction of sp³-hybridized carbons (Fsp3) is 0.867. The molecule has 2 fully saturated rings. The maximum absolute atomic E-state index is 12.5. The fourth-order valence-corrected chi connectivity index (χ4v) is 3.55. The molecule has 2 aliphatic rings. The van der Waals surface area contributed by atoms with Crippen LogP contribution in [0.2, 0.25) is 0 Å². The third kappa shape index (κ3) is 2.43. The molecule has 1 saturated carbocycles. The van der Waals surface area contributed by atoms with E-state index in [9.17, 15) is 4.79 Å². The molecule has 0 aromatic carbocycles. The average molecular weight is 279 g/mol. The summed E-state index contributed by atoms with van der Waals surface area (Å²) < 4.78 is 9.27. The maximum atomic E-state index is 12.5. The molecule has 0 unspecified atom stereocenters. The molecule has 0 N–H and O–H groups in total. The summed E-state index contributed by atoms with van der Waals surface area (Å²) in [5, 5.41) is 4.62. The zero-order chi connectivity index (χ0) is 14.1. The monoisotopic (exact) mass is 279 g/mol. The van der Waals surface area contributed by atoms with Gasteiger partial charge in [0.05, 0.1) is 0 Å². The van der Waals surface area contributed by atoms with E-state index in [1.54, 1.807) is 9.25 Å². The van der Waals surface area contributed by atoms with Crippen LogP contribution in [0.15, 0.2) is 4.79 Å². The van der Waals surface area contributed by atoms with Crippen LogP contribution in [-0.4, -0.2) is 21.0 Å². The molecular weight excluding hydrogens is 254 g/mol. The van der Waals surface area contributed by atoms with Crippen molar-refractivity contribution in [2.75, 3.05) is 6.61 Å². The highest BCUT2D eigenvalue weighted by Crippen LogP contribution is 2.32. The van der Waals surface area contributed by atoms with Crippen molar-refractivity contribution >= 4 is 0 Å². The summed E-state index contributed by atoms with van der Waals surface area (Å²) in [6.45, 7) is 6.41. The second-order valence-electron chi connectivity index (χ2n) is 6.27. The van der Waals surface area contributed by atoms with Gasteiger partial charge in [0.25, 0.3) is 0 Å². The topological polar surface area (TPSA) is 49.0 Å². The maximum Gasteiger partial charge on any atom is 0.345 e. The van der Waals surface area contributed by atoms with Crippen LogP contribution in [0.1, 0.15) is 57.9 Å². The van der Waals surface area contributed by atoms with Crippen molar-refractivity contribution in [3.8, 4) is 0 Å². The normalized spacial score (nSPS) is 27.5. The van der Waals surface area contributed by atoms with E-state index in [2.05, 4.69) is 12.0 Å². The van der Waals surface area contributed by atoms with Crippen LogP contribution in [0.4, 0.5) is 0 Å². The molecule has 112 valence electrons. The summed E-state index contributed by atoms with van der Waals surface area (Å²) in [7, 11) is 0. The molecule has 5 heteroatoms. The molecule has 0 amide bonds. The van der Waals surface area contributed by atoms with Gasteiger partial charge < -0.3 is 4.74 Å². The van der Waals surface area contributed by atoms with Gasteiger partial charge in [0, 0.05) is 19.7 Å². The van der Waals surface area contributed by atoms with Gasteiger partial charge in [-0.15, -0.1) is 0 Å². The van der Waals surface area contributed by atoms with Crippen molar-refractivity contribution in [1.82, 2.24) is 14.3 Å². The number of ether oxygens (including phenoxy) is 1. The fourth-order valence-electron chi connectivity index (χ4n) is 3.55. The molecule has 2 heterocycles. The minimum Gasteiger partial charge on any atom is -0.370 e. The molecule has 20 heavy (non-hydrogen) atoms. The number of hydrogen-bond acceptors (Lipinski definition) is 3. The van der Waals surface area contributed by atoms with Crippen molar-refractivity contribution in [2.24, 2.45) is 11.8 Å². The predicted molar refractivity (Wildman–Crippen MR) is 76.6 cm³/mol. The summed E-state index contributed by atoms with van der Waals surface area (Å²) in [5.74, 6) is 1.91. The first-order valence-electron chi connectivity index (χ1n) is 7.99. The van der Waals surface area contributed by atoms with Crippen LogP contribution in [0.5, 0.6) is 0 Å². The minimum atomic E-state index is -0.00696. The third-order valence-electron chi connectivity index (χ3n) is 4.82. The lowest BCUT2D eigenvalue weighted by Gasteiger charge is -2.13. The van der Waals surface area contributed by atoms with Crippen molar-refractivity contribution in [3.63, 3.8) is 0 Å². The van der Waals surface area contributed by atoms with E-state index in [0.29, 0.717) is 18.4 Å². The summed E-state index contributed by atoms with van der Waals surface area (Å²) in [6, 6.07) is 0. The average Bonchev–Trinajstić information content (AvgIpc) is 3.13. The van der Waals surface area contributed by atoms with E-state index in [0.717, 1.165) is 25.4 Å². The van der Waals surface area contributed by atoms with Crippen LogP contribution in [-0.2, 0) is 17.8 Å². The lowest BCUT2D eigenvalue weighted by atomic mass is 10.0. The predicted octanol–water partition coefficient (Wildman–Crippen LogP) is 2.35. The van der Waals surface area contributed by atoms with Gasteiger partial charge in [-0.2, -0.15) is 5.10 Å². The summed E-state index contributed by atoms with van der Waals surface area (Å²) in [6.07, 6.45) is 6.10. The lowest BCUT2D eigenvalue weighted by molar-refractivity contribution is 0.0835. The van der Waals surface area contributed by atoms with Gasteiger partial charge in [-0.05, 0) is 38.0 Å². The van der Waals surface area contributed by atoms with Crippen LogP contribution in [0.3, 0.4) is 0 Å². The van der Waals surface area contributed by atoms with Gasteiger partial charge in [0.2, 0.25) is 0 Å². The van der Waals surface area contributed by atoms with Gasteiger partial charge in [-0.25, -0.2) is 9.48 Å². The second-order valence-corrected chi connectivity index (χ2v) is 6.27. The van der Waals surface area contributed by atoms with Crippen molar-refractivity contribution < 1.29 is 4.74 Å². The van der Waals surface area contributed by atoms with Crippen molar-refractivity contribution in [3.05, 3.63) is 16.3 Å². The van der Waals surface area contributed by atoms with E-state index in [1.807, 2.05) is 6.92 Å². The van der Waals surface area contributed by atoms with Crippen LogP contribution < -0.4 is 5.69 Å². The Labute approximate surface area is 119 Å². The summed E-state index contributed by atoms with van der Waals surface area (Å²) >= 11 is 0. The first kappa shape index (κ1) is 13.9. The number of rotatable bonds is 4. The van der Waals surface area contributed by atoms with Crippen LogP contribution in [0.25, 0.3) is 0 Å². The van der Waals surface area contributed by atoms with Gasteiger partial charge in [-0.3, -0.25) is 4.57 Å². The standard InChI is InChI=1S/C15H25N3O2/c1-3-17-14(13-11(2)8-9-20-13)16-18(15(17)19)10-12-6-4-5-7-12/h11-13H,3-10H2,1-2H3/t11-,13+/m1/s1. The SMILES string of the molecule is CCn1c([C@H]2OCC[C@H]2C)nn(CC2CCCC2)c1=O. The summed E-state index contributed by atoms with van der Waals surface area (Å²) in [4.78, 5) is 12.5. The Bertz CT molecular complexity index is 514. The first-order valence-corrected chi connectivity index (χ1v) is 7.99. The Morgan fingerprint density at radius 1 is 1.30 bits per heavy atom. The van der Waals surface area contributed by atoms with Crippen molar-refractivity contribution in [1.29, 1.82) is 0 Å². The zero-order valence-electron chi connectivity index (χ0n) is 12.5. The molecule has 1 aromatic heterocycles. The number of hydrogen-bond donors (Lipinski definition) is 0. The first-order chi connectivity index (χ1) is 9.70. The minimum absolute atomic E-state index is 0.00696. The molecule has 0 bridgehead atoms. The quantitative estimate of drug-likeness (QED) is 0.850. The van der Waals surface area contributed by atoms with E-state index >= 15 is 0 Å². The Hall–Kier alpha value is -1.10. The molecule has 0 spiro atoms. The lowest BCUT2D eigenvalue weighted by Crippen LogP contribution is -2.27. The molecule has 5 nitrogen and oxygen atoms in total. The molecule has 1 saturated heterocycles. The van der Waals surface area contributed by atoms with E-state index in [-0.39, 0.29) is 11.8 Å². The Morgan fingerprint density at radius 2 is 2.05 bits per heavy atom. The van der Waals surface area contributed by atoms with E-state index in [4.69, 9.17) is 4.74 Å². The number of aromatic nitrogens is 3. The molecular formula is C15H25N3O2. The number of nitrogens with zero attached hydrogens (tertiary/aromatic N) is 3. The van der Waals surface area contributed by atoms with Gasteiger partial charge in [-0.1, -0.05) is 19.8 Å². The van der Waals surface area contributed by atoms with Gasteiger partial charge in [0.15, 0.2) is 5.82 Å². The molecule has 1 aromatic rings. The summed E-state index contributed by atoms with van der Waals surface area (Å²) in [5.41, 5.74) is 0.0390. The Morgan fingerprint density at radius 3 is 2.65 bits per heavy atom. The van der Waals surface area contributed by atoms with Crippen molar-refractivity contribution in [2.45, 2.75) is 65.1 Å². The highest BCUT2D eigenvalue weighted by molar-refractivity contribution is 4.97. The molecule has 3 rings (SSSR count). The highest BCUT2D eigenvalue weighted by atomic mass is 16.5. The molecule has 0 radical (unpaired) electrons. The van der Waals surface area contributed by atoms with Gasteiger partial charge >= 0.3 is 5.69 Å². The molecule has 2 atom stereocenters. The van der Waals surface area contributed by atoms with E-state index < -0.39 is 0 Å². The zero-order valence-corrected chi connectivity index (χ0v) is 12.5. The van der Waals surface area contributed by atoms with E-state index in [1.165, 1.54) is 25.7 Å². The van der Waals surface area contributed by atoms with Gasteiger partial charge in [0.1, 0.15) is 6.10 Å². The molecule has 1 aliphatic carbocycles. The Balaban J connectivity index is 1.88. The smallest absolute Gasteiger partial charge is 0.345 e. The highest BCUT2D eigenvalue weighted by Gasteiger charge is 2.32. The van der Waals surface area contributed by atoms with Crippen LogP contribution in [0, 0.1) is 11.8 Å².